The summed E-state index contributed by atoms with van der Waals surface area (Å²) in [6.45, 7) is 3.07. The van der Waals surface area contributed by atoms with Gasteiger partial charge in [0.1, 0.15) is 5.75 Å². The van der Waals surface area contributed by atoms with Crippen LogP contribution in [0.4, 0.5) is 10.8 Å². The van der Waals surface area contributed by atoms with E-state index in [1.54, 1.807) is 17.5 Å². The van der Waals surface area contributed by atoms with Crippen LogP contribution in [-0.2, 0) is 6.54 Å². The van der Waals surface area contributed by atoms with Gasteiger partial charge in [0.2, 0.25) is 0 Å². The predicted molar refractivity (Wildman–Crippen MR) is 70.9 cm³/mol. The zero-order valence-corrected chi connectivity index (χ0v) is 10.5. The fourth-order valence-corrected chi connectivity index (χ4v) is 2.07. The normalized spacial score (nSPS) is 10.2. The molecule has 0 saturated heterocycles. The van der Waals surface area contributed by atoms with Gasteiger partial charge in [0.15, 0.2) is 5.13 Å². The van der Waals surface area contributed by atoms with Gasteiger partial charge in [0.25, 0.3) is 0 Å². The Bertz CT molecular complexity index is 471. The van der Waals surface area contributed by atoms with Gasteiger partial charge in [-0.15, -0.1) is 11.3 Å². The molecular formula is C12H15N3OS. The Labute approximate surface area is 104 Å². The zero-order valence-electron chi connectivity index (χ0n) is 9.64. The number of aromatic nitrogens is 1. The Kier molecular flexibility index (Phi) is 3.95. The summed E-state index contributed by atoms with van der Waals surface area (Å²) in [6, 6.07) is 5.89. The number of hydrogen-bond acceptors (Lipinski definition) is 5. The van der Waals surface area contributed by atoms with Gasteiger partial charge in [-0.2, -0.15) is 0 Å². The van der Waals surface area contributed by atoms with Crippen molar-refractivity contribution in [3.63, 3.8) is 0 Å². The standard InChI is InChI=1S/C12H15N3OS/c1-2-16-11-4-3-10(7-9(11)8-13)15-12-14-5-6-17-12/h3-7H,2,8,13H2,1H3,(H,14,15). The molecule has 2 aromatic rings. The minimum Gasteiger partial charge on any atom is -0.494 e. The third-order valence-corrected chi connectivity index (χ3v) is 2.95. The second-order valence-corrected chi connectivity index (χ2v) is 4.32. The minimum absolute atomic E-state index is 0.461. The van der Waals surface area contributed by atoms with E-state index < -0.39 is 0 Å². The molecule has 17 heavy (non-hydrogen) atoms. The fourth-order valence-electron chi connectivity index (χ4n) is 1.52. The van der Waals surface area contributed by atoms with Crippen molar-refractivity contribution in [2.45, 2.75) is 13.5 Å². The number of rotatable bonds is 5. The summed E-state index contributed by atoms with van der Waals surface area (Å²) >= 11 is 1.56. The van der Waals surface area contributed by atoms with Crippen LogP contribution < -0.4 is 15.8 Å². The number of anilines is 2. The number of ether oxygens (including phenoxy) is 1. The van der Waals surface area contributed by atoms with Gasteiger partial charge in [-0.3, -0.25) is 0 Å². The summed E-state index contributed by atoms with van der Waals surface area (Å²) < 4.78 is 5.50. The van der Waals surface area contributed by atoms with Crippen LogP contribution in [0.3, 0.4) is 0 Å². The fraction of sp³-hybridized carbons (Fsp3) is 0.250. The van der Waals surface area contributed by atoms with Crippen LogP contribution in [0.25, 0.3) is 0 Å². The Hall–Kier alpha value is -1.59. The average Bonchev–Trinajstić information content (AvgIpc) is 2.84. The van der Waals surface area contributed by atoms with Crippen LogP contribution in [0.2, 0.25) is 0 Å². The highest BCUT2D eigenvalue weighted by atomic mass is 32.1. The van der Waals surface area contributed by atoms with Crippen molar-refractivity contribution in [2.75, 3.05) is 11.9 Å². The summed E-state index contributed by atoms with van der Waals surface area (Å²) in [6.07, 6.45) is 1.77. The molecule has 0 bridgehead atoms. The van der Waals surface area contributed by atoms with Crippen LogP contribution in [0.15, 0.2) is 29.8 Å². The van der Waals surface area contributed by atoms with Gasteiger partial charge in [-0.25, -0.2) is 4.98 Å². The van der Waals surface area contributed by atoms with E-state index in [-0.39, 0.29) is 0 Å². The zero-order chi connectivity index (χ0) is 12.1. The Balaban J connectivity index is 2.19. The van der Waals surface area contributed by atoms with Crippen molar-refractivity contribution in [3.05, 3.63) is 35.3 Å². The molecule has 0 fully saturated rings. The van der Waals surface area contributed by atoms with Gasteiger partial charge in [-0.05, 0) is 25.1 Å². The average molecular weight is 249 g/mol. The summed E-state index contributed by atoms with van der Waals surface area (Å²) in [5.74, 6) is 0.847. The lowest BCUT2D eigenvalue weighted by atomic mass is 10.2. The molecule has 0 radical (unpaired) electrons. The molecule has 3 N–H and O–H groups in total. The van der Waals surface area contributed by atoms with Crippen LogP contribution in [0, 0.1) is 0 Å². The van der Waals surface area contributed by atoms with Crippen molar-refractivity contribution in [2.24, 2.45) is 5.73 Å². The molecule has 90 valence electrons. The first-order valence-electron chi connectivity index (χ1n) is 5.45. The number of nitrogens with one attached hydrogen (secondary N) is 1. The molecular weight excluding hydrogens is 234 g/mol. The van der Waals surface area contributed by atoms with E-state index in [1.165, 1.54) is 0 Å². The van der Waals surface area contributed by atoms with Gasteiger partial charge >= 0.3 is 0 Å². The van der Waals surface area contributed by atoms with Gasteiger partial charge < -0.3 is 15.8 Å². The summed E-state index contributed by atoms with van der Waals surface area (Å²) in [5, 5.41) is 6.03. The second-order valence-electron chi connectivity index (χ2n) is 3.42. The third kappa shape index (κ3) is 2.95. The van der Waals surface area contributed by atoms with E-state index in [4.69, 9.17) is 10.5 Å². The largest absolute Gasteiger partial charge is 0.494 e. The van der Waals surface area contributed by atoms with E-state index in [1.807, 2.05) is 30.5 Å². The molecule has 1 aromatic carbocycles. The molecule has 0 saturated carbocycles. The van der Waals surface area contributed by atoms with Crippen LogP contribution in [0.5, 0.6) is 5.75 Å². The molecule has 0 spiro atoms. The molecule has 5 heteroatoms. The van der Waals surface area contributed by atoms with Crippen LogP contribution in [-0.4, -0.2) is 11.6 Å². The molecule has 1 aromatic heterocycles. The number of benzene rings is 1. The van der Waals surface area contributed by atoms with Crippen molar-refractivity contribution in [1.82, 2.24) is 4.98 Å². The lowest BCUT2D eigenvalue weighted by molar-refractivity contribution is 0.336. The summed E-state index contributed by atoms with van der Waals surface area (Å²) in [5.41, 5.74) is 7.67. The first kappa shape index (κ1) is 11.9. The van der Waals surface area contributed by atoms with Gasteiger partial charge in [-0.1, -0.05) is 0 Å². The quantitative estimate of drug-likeness (QED) is 0.855. The maximum Gasteiger partial charge on any atom is 0.187 e. The van der Waals surface area contributed by atoms with E-state index in [9.17, 15) is 0 Å². The predicted octanol–water partition coefficient (Wildman–Crippen LogP) is 2.74. The molecule has 0 aliphatic heterocycles. The number of hydrogen-bond donors (Lipinski definition) is 2. The van der Waals surface area contributed by atoms with E-state index in [0.29, 0.717) is 13.2 Å². The summed E-state index contributed by atoms with van der Waals surface area (Å²) in [4.78, 5) is 4.17. The van der Waals surface area contributed by atoms with Crippen LogP contribution in [0.1, 0.15) is 12.5 Å². The highest BCUT2D eigenvalue weighted by molar-refractivity contribution is 7.13. The highest BCUT2D eigenvalue weighted by Crippen LogP contribution is 2.25. The van der Waals surface area contributed by atoms with Crippen molar-refractivity contribution < 1.29 is 4.74 Å². The van der Waals surface area contributed by atoms with Crippen LogP contribution >= 0.6 is 11.3 Å². The Morgan fingerprint density at radius 3 is 3.00 bits per heavy atom. The Morgan fingerprint density at radius 1 is 1.47 bits per heavy atom. The first-order valence-corrected chi connectivity index (χ1v) is 6.33. The smallest absolute Gasteiger partial charge is 0.187 e. The number of thiazole rings is 1. The molecule has 2 rings (SSSR count). The molecule has 0 aliphatic rings. The second kappa shape index (κ2) is 5.65. The molecule has 0 aliphatic carbocycles. The maximum atomic E-state index is 5.70. The molecule has 0 unspecified atom stereocenters. The van der Waals surface area contributed by atoms with Crippen molar-refractivity contribution in [1.29, 1.82) is 0 Å². The maximum absolute atomic E-state index is 5.70. The lowest BCUT2D eigenvalue weighted by Crippen LogP contribution is -2.03. The topological polar surface area (TPSA) is 60.2 Å². The minimum atomic E-state index is 0.461. The summed E-state index contributed by atoms with van der Waals surface area (Å²) in [7, 11) is 0. The van der Waals surface area contributed by atoms with E-state index in [0.717, 1.165) is 22.1 Å². The van der Waals surface area contributed by atoms with E-state index >= 15 is 0 Å². The highest BCUT2D eigenvalue weighted by Gasteiger charge is 2.04. The number of nitrogens with two attached hydrogens (primary N) is 1. The number of nitrogens with zero attached hydrogens (tertiary/aromatic N) is 1. The molecule has 1 heterocycles. The molecule has 0 amide bonds. The monoisotopic (exact) mass is 249 g/mol. The van der Waals surface area contributed by atoms with Gasteiger partial charge in [0.05, 0.1) is 6.61 Å². The molecule has 0 atom stereocenters. The van der Waals surface area contributed by atoms with E-state index in [2.05, 4.69) is 10.3 Å². The first-order chi connectivity index (χ1) is 8.33. The lowest BCUT2D eigenvalue weighted by Gasteiger charge is -2.11. The van der Waals surface area contributed by atoms with Gasteiger partial charge in [0, 0.05) is 29.4 Å². The Morgan fingerprint density at radius 2 is 2.35 bits per heavy atom. The molecule has 4 nitrogen and oxygen atoms in total. The van der Waals surface area contributed by atoms with Crippen molar-refractivity contribution in [3.8, 4) is 5.75 Å². The SMILES string of the molecule is CCOc1ccc(Nc2nccs2)cc1CN. The van der Waals surface area contributed by atoms with Crippen molar-refractivity contribution >= 4 is 22.2 Å². The third-order valence-electron chi connectivity index (χ3n) is 2.26.